The molecule has 1 aromatic heterocycles. The molecule has 0 bridgehead atoms. The van der Waals surface area contributed by atoms with E-state index in [1.165, 1.54) is 32.1 Å². The van der Waals surface area contributed by atoms with Crippen molar-refractivity contribution in [1.29, 1.82) is 0 Å². The second kappa shape index (κ2) is 11.8. The largest absolute Gasteiger partial charge is 0.455 e. The van der Waals surface area contributed by atoms with E-state index in [4.69, 9.17) is 20.8 Å². The van der Waals surface area contributed by atoms with E-state index < -0.39 is 0 Å². The highest BCUT2D eigenvalue weighted by Crippen LogP contribution is 2.28. The Labute approximate surface area is 206 Å². The standard InChI is InChI=1S/C26H34ClN3O4/c1-2-33-26(32)29-16-14-28(15-17-29)25(31)24-13-12-22(34-24)19-30(21-9-4-3-5-10-21)18-20-8-6-7-11-23(20)27/h6-8,11-13,21H,2-5,9-10,14-19H2,1H3. The average molecular weight is 488 g/mol. The molecule has 1 aromatic carbocycles. The molecule has 2 amide bonds. The van der Waals surface area contributed by atoms with Gasteiger partial charge in [0.2, 0.25) is 0 Å². The minimum absolute atomic E-state index is 0.134. The lowest BCUT2D eigenvalue weighted by Gasteiger charge is -2.34. The zero-order valence-corrected chi connectivity index (χ0v) is 20.6. The average Bonchev–Trinajstić information content (AvgIpc) is 3.34. The Morgan fingerprint density at radius 2 is 1.71 bits per heavy atom. The molecule has 0 unspecified atom stereocenters. The van der Waals surface area contributed by atoms with E-state index in [-0.39, 0.29) is 12.0 Å². The number of hydrogen-bond donors (Lipinski definition) is 0. The summed E-state index contributed by atoms with van der Waals surface area (Å²) in [5.74, 6) is 0.997. The van der Waals surface area contributed by atoms with Crippen molar-refractivity contribution in [3.63, 3.8) is 0 Å². The van der Waals surface area contributed by atoms with E-state index in [2.05, 4.69) is 11.0 Å². The first-order chi connectivity index (χ1) is 16.5. The van der Waals surface area contributed by atoms with Crippen LogP contribution in [0.25, 0.3) is 0 Å². The number of ether oxygens (including phenoxy) is 1. The van der Waals surface area contributed by atoms with Crippen LogP contribution in [0, 0.1) is 0 Å². The molecular weight excluding hydrogens is 454 g/mol. The van der Waals surface area contributed by atoms with Gasteiger partial charge >= 0.3 is 6.09 Å². The van der Waals surface area contributed by atoms with Gasteiger partial charge in [0, 0.05) is 43.8 Å². The van der Waals surface area contributed by atoms with Crippen molar-refractivity contribution in [2.75, 3.05) is 32.8 Å². The molecule has 2 heterocycles. The Hall–Kier alpha value is -2.51. The number of amides is 2. The predicted molar refractivity (Wildman–Crippen MR) is 131 cm³/mol. The van der Waals surface area contributed by atoms with Gasteiger partial charge in [-0.3, -0.25) is 9.69 Å². The smallest absolute Gasteiger partial charge is 0.409 e. The first-order valence-electron chi connectivity index (χ1n) is 12.3. The second-order valence-electron chi connectivity index (χ2n) is 9.03. The van der Waals surface area contributed by atoms with Crippen molar-refractivity contribution in [3.8, 4) is 0 Å². The van der Waals surface area contributed by atoms with Crippen molar-refractivity contribution < 1.29 is 18.7 Å². The van der Waals surface area contributed by atoms with E-state index in [0.717, 1.165) is 22.9 Å². The van der Waals surface area contributed by atoms with Gasteiger partial charge < -0.3 is 19.0 Å². The summed E-state index contributed by atoms with van der Waals surface area (Å²) in [5, 5.41) is 0.778. The van der Waals surface area contributed by atoms with Crippen LogP contribution < -0.4 is 0 Å². The molecule has 2 aliphatic rings. The summed E-state index contributed by atoms with van der Waals surface area (Å²) in [7, 11) is 0. The molecule has 0 spiro atoms. The highest BCUT2D eigenvalue weighted by atomic mass is 35.5. The van der Waals surface area contributed by atoms with Gasteiger partial charge in [-0.15, -0.1) is 0 Å². The number of benzene rings is 1. The lowest BCUT2D eigenvalue weighted by Crippen LogP contribution is -2.50. The van der Waals surface area contributed by atoms with E-state index in [0.29, 0.717) is 51.1 Å². The Morgan fingerprint density at radius 1 is 1.00 bits per heavy atom. The van der Waals surface area contributed by atoms with E-state index >= 15 is 0 Å². The van der Waals surface area contributed by atoms with Crippen LogP contribution in [0.2, 0.25) is 5.02 Å². The fraction of sp³-hybridized carbons (Fsp3) is 0.538. The van der Waals surface area contributed by atoms with Crippen LogP contribution in [0.4, 0.5) is 4.79 Å². The molecule has 0 radical (unpaired) electrons. The number of piperazine rings is 1. The molecule has 1 aliphatic heterocycles. The van der Waals surface area contributed by atoms with Gasteiger partial charge in [0.25, 0.3) is 5.91 Å². The lowest BCUT2D eigenvalue weighted by molar-refractivity contribution is 0.0542. The van der Waals surface area contributed by atoms with Crippen molar-refractivity contribution in [1.82, 2.24) is 14.7 Å². The number of rotatable bonds is 7. The van der Waals surface area contributed by atoms with Crippen LogP contribution >= 0.6 is 11.6 Å². The van der Waals surface area contributed by atoms with Crippen LogP contribution in [0.1, 0.15) is 60.9 Å². The topological polar surface area (TPSA) is 66.2 Å². The molecule has 4 rings (SSSR count). The maximum atomic E-state index is 13.0. The van der Waals surface area contributed by atoms with Crippen LogP contribution in [0.3, 0.4) is 0 Å². The predicted octanol–water partition coefficient (Wildman–Crippen LogP) is 5.18. The number of halogens is 1. The Balaban J connectivity index is 1.39. The molecule has 1 aliphatic carbocycles. The van der Waals surface area contributed by atoms with Gasteiger partial charge in [-0.2, -0.15) is 0 Å². The van der Waals surface area contributed by atoms with Crippen molar-refractivity contribution in [3.05, 3.63) is 58.5 Å². The van der Waals surface area contributed by atoms with Gasteiger partial charge in [0.05, 0.1) is 13.2 Å². The van der Waals surface area contributed by atoms with Gasteiger partial charge in [0.15, 0.2) is 5.76 Å². The molecule has 184 valence electrons. The lowest BCUT2D eigenvalue weighted by atomic mass is 9.93. The molecule has 2 fully saturated rings. The molecule has 0 atom stereocenters. The summed E-state index contributed by atoms with van der Waals surface area (Å²) in [6, 6.07) is 12.1. The first kappa shape index (κ1) is 24.6. The summed E-state index contributed by atoms with van der Waals surface area (Å²) in [6.45, 7) is 5.39. The summed E-state index contributed by atoms with van der Waals surface area (Å²) < 4.78 is 11.1. The molecule has 7 nitrogen and oxygen atoms in total. The van der Waals surface area contributed by atoms with Gasteiger partial charge in [-0.25, -0.2) is 4.79 Å². The summed E-state index contributed by atoms with van der Waals surface area (Å²) in [4.78, 5) is 30.7. The fourth-order valence-electron chi connectivity index (χ4n) is 4.85. The zero-order chi connectivity index (χ0) is 23.9. The molecule has 34 heavy (non-hydrogen) atoms. The molecule has 2 aromatic rings. The van der Waals surface area contributed by atoms with Gasteiger partial charge in [-0.05, 0) is 43.5 Å². The fourth-order valence-corrected chi connectivity index (χ4v) is 5.04. The van der Waals surface area contributed by atoms with Gasteiger partial charge in [0.1, 0.15) is 5.76 Å². The number of carbonyl (C=O) groups is 2. The SMILES string of the molecule is CCOC(=O)N1CCN(C(=O)c2ccc(CN(Cc3ccccc3Cl)C3CCCCC3)o2)CC1. The van der Waals surface area contributed by atoms with Crippen LogP contribution in [0.5, 0.6) is 0 Å². The highest BCUT2D eigenvalue weighted by Gasteiger charge is 2.28. The Kier molecular flexibility index (Phi) is 8.51. The number of nitrogens with zero attached hydrogens (tertiary/aromatic N) is 3. The number of carbonyl (C=O) groups excluding carboxylic acids is 2. The molecule has 8 heteroatoms. The van der Waals surface area contributed by atoms with Crippen LogP contribution in [-0.4, -0.2) is 65.5 Å². The molecule has 0 N–H and O–H groups in total. The molecule has 1 saturated heterocycles. The Bertz CT molecular complexity index is 964. The summed E-state index contributed by atoms with van der Waals surface area (Å²) in [5.41, 5.74) is 1.11. The van der Waals surface area contributed by atoms with Crippen molar-refractivity contribution in [2.24, 2.45) is 0 Å². The summed E-state index contributed by atoms with van der Waals surface area (Å²) >= 11 is 6.46. The zero-order valence-electron chi connectivity index (χ0n) is 19.9. The van der Waals surface area contributed by atoms with E-state index in [1.54, 1.807) is 22.8 Å². The molecular formula is C26H34ClN3O4. The molecule has 1 saturated carbocycles. The monoisotopic (exact) mass is 487 g/mol. The highest BCUT2D eigenvalue weighted by molar-refractivity contribution is 6.31. The summed E-state index contributed by atoms with van der Waals surface area (Å²) in [6.07, 6.45) is 5.78. The number of furan rings is 1. The maximum Gasteiger partial charge on any atom is 0.409 e. The third-order valence-electron chi connectivity index (χ3n) is 6.75. The third kappa shape index (κ3) is 6.13. The quantitative estimate of drug-likeness (QED) is 0.538. The third-order valence-corrected chi connectivity index (χ3v) is 7.12. The van der Waals surface area contributed by atoms with E-state index in [9.17, 15) is 9.59 Å². The minimum atomic E-state index is -0.323. The van der Waals surface area contributed by atoms with Crippen LogP contribution in [0.15, 0.2) is 40.8 Å². The van der Waals surface area contributed by atoms with Gasteiger partial charge in [-0.1, -0.05) is 49.1 Å². The van der Waals surface area contributed by atoms with Crippen molar-refractivity contribution >= 4 is 23.6 Å². The maximum absolute atomic E-state index is 13.0. The number of hydrogen-bond acceptors (Lipinski definition) is 5. The van der Waals surface area contributed by atoms with Crippen molar-refractivity contribution in [2.45, 2.75) is 58.2 Å². The first-order valence-corrected chi connectivity index (χ1v) is 12.7. The Morgan fingerprint density at radius 3 is 2.41 bits per heavy atom. The second-order valence-corrected chi connectivity index (χ2v) is 9.44. The van der Waals surface area contributed by atoms with E-state index in [1.807, 2.05) is 24.3 Å². The van der Waals surface area contributed by atoms with Crippen LogP contribution in [-0.2, 0) is 17.8 Å². The normalized spacial score (nSPS) is 17.3. The minimum Gasteiger partial charge on any atom is -0.455 e.